The number of ether oxygens (including phenoxy) is 1. The van der Waals surface area contributed by atoms with Crippen LogP contribution in [0.15, 0.2) is 40.8 Å². The molecule has 2 aromatic heterocycles. The van der Waals surface area contributed by atoms with E-state index in [0.717, 1.165) is 29.4 Å². The monoisotopic (exact) mass is 390 g/mol. The summed E-state index contributed by atoms with van der Waals surface area (Å²) in [6, 6.07) is 11.4. The minimum Gasteiger partial charge on any atom is -0.493 e. The number of thiophene rings is 1. The Hall–Kier alpha value is -2.02. The Morgan fingerprint density at radius 2 is 2.04 bits per heavy atom. The first-order valence-electron chi connectivity index (χ1n) is 8.46. The summed E-state index contributed by atoms with van der Waals surface area (Å²) in [5.41, 5.74) is 0.617. The number of amides is 1. The van der Waals surface area contributed by atoms with Crippen molar-refractivity contribution in [1.29, 1.82) is 0 Å². The van der Waals surface area contributed by atoms with Gasteiger partial charge in [-0.15, -0.1) is 11.3 Å². The molecule has 1 aliphatic rings. The van der Waals surface area contributed by atoms with Gasteiger partial charge in [0, 0.05) is 43.0 Å². The third-order valence-electron chi connectivity index (χ3n) is 4.61. The molecule has 1 fully saturated rings. The second kappa shape index (κ2) is 7.31. The maximum atomic E-state index is 12.8. The molecule has 0 N–H and O–H groups in total. The van der Waals surface area contributed by atoms with E-state index < -0.39 is 0 Å². The average molecular weight is 391 g/mol. The third-order valence-corrected chi connectivity index (χ3v) is 5.82. The Kier molecular flexibility index (Phi) is 4.89. The second-order valence-electron chi connectivity index (χ2n) is 6.26. The fourth-order valence-electron chi connectivity index (χ4n) is 3.22. The fraction of sp³-hybridized carbons (Fsp3) is 0.316. The zero-order chi connectivity index (χ0) is 18.1. The molecular weight excluding hydrogens is 372 g/mol. The van der Waals surface area contributed by atoms with Crippen LogP contribution in [0.5, 0.6) is 5.75 Å². The number of hydrogen-bond acceptors (Lipinski definition) is 5. The number of hydrogen-bond donors (Lipinski definition) is 0. The van der Waals surface area contributed by atoms with Gasteiger partial charge in [0.2, 0.25) is 0 Å². The van der Waals surface area contributed by atoms with Gasteiger partial charge in [0.15, 0.2) is 17.1 Å². The van der Waals surface area contributed by atoms with Gasteiger partial charge in [-0.2, -0.15) is 0 Å². The van der Waals surface area contributed by atoms with E-state index in [9.17, 15) is 4.79 Å². The first-order valence-corrected chi connectivity index (χ1v) is 9.66. The molecule has 1 aromatic carbocycles. The van der Waals surface area contributed by atoms with Crippen molar-refractivity contribution in [3.05, 3.63) is 51.4 Å². The van der Waals surface area contributed by atoms with Crippen molar-refractivity contribution in [2.45, 2.75) is 6.54 Å². The Labute approximate surface area is 160 Å². The maximum Gasteiger partial charge on any atom is 0.289 e. The Morgan fingerprint density at radius 1 is 1.23 bits per heavy atom. The number of fused-ring (bicyclic) bond motifs is 1. The SMILES string of the molecule is COc1cccc2cc(C(=O)N3CCN(Cc4ccc(Cl)s4)CC3)oc12. The number of benzene rings is 1. The summed E-state index contributed by atoms with van der Waals surface area (Å²) in [4.78, 5) is 18.2. The van der Waals surface area contributed by atoms with Crippen molar-refractivity contribution < 1.29 is 13.9 Å². The number of methoxy groups -OCH3 is 1. The standard InChI is InChI=1S/C19H19ClN2O3S/c1-24-15-4-2-3-13-11-16(25-18(13)15)19(23)22-9-7-21(8-10-22)12-14-5-6-17(20)26-14/h2-6,11H,7-10,12H2,1H3. The van der Waals surface area contributed by atoms with Crippen LogP contribution in [0.4, 0.5) is 0 Å². The van der Waals surface area contributed by atoms with Crippen molar-refractivity contribution in [1.82, 2.24) is 9.80 Å². The molecule has 3 aromatic rings. The van der Waals surface area contributed by atoms with Gasteiger partial charge < -0.3 is 14.1 Å². The Morgan fingerprint density at radius 3 is 2.73 bits per heavy atom. The lowest BCUT2D eigenvalue weighted by molar-refractivity contribution is 0.0601. The van der Waals surface area contributed by atoms with Crippen molar-refractivity contribution in [3.8, 4) is 5.75 Å². The van der Waals surface area contributed by atoms with Gasteiger partial charge in [0.05, 0.1) is 11.4 Å². The van der Waals surface area contributed by atoms with Crippen LogP contribution in [0, 0.1) is 0 Å². The van der Waals surface area contributed by atoms with Gasteiger partial charge in [-0.05, 0) is 24.3 Å². The number of halogens is 1. The van der Waals surface area contributed by atoms with Crippen molar-refractivity contribution in [2.24, 2.45) is 0 Å². The highest BCUT2D eigenvalue weighted by Crippen LogP contribution is 2.29. The highest BCUT2D eigenvalue weighted by molar-refractivity contribution is 7.16. The van der Waals surface area contributed by atoms with Gasteiger partial charge in [0.25, 0.3) is 5.91 Å². The molecule has 1 aliphatic heterocycles. The van der Waals surface area contributed by atoms with Crippen LogP contribution >= 0.6 is 22.9 Å². The maximum absolute atomic E-state index is 12.8. The molecule has 3 heterocycles. The van der Waals surface area contributed by atoms with Gasteiger partial charge >= 0.3 is 0 Å². The summed E-state index contributed by atoms with van der Waals surface area (Å²) >= 11 is 7.60. The van der Waals surface area contributed by atoms with Crippen LogP contribution in [0.1, 0.15) is 15.4 Å². The van der Waals surface area contributed by atoms with Gasteiger partial charge in [-0.25, -0.2) is 0 Å². The Balaban J connectivity index is 1.42. The zero-order valence-corrected chi connectivity index (χ0v) is 16.0. The molecule has 26 heavy (non-hydrogen) atoms. The predicted molar refractivity (Wildman–Crippen MR) is 103 cm³/mol. The smallest absolute Gasteiger partial charge is 0.289 e. The van der Waals surface area contributed by atoms with Gasteiger partial charge in [0.1, 0.15) is 0 Å². The lowest BCUT2D eigenvalue weighted by Gasteiger charge is -2.34. The molecule has 136 valence electrons. The summed E-state index contributed by atoms with van der Waals surface area (Å²) in [6.45, 7) is 3.93. The summed E-state index contributed by atoms with van der Waals surface area (Å²) in [7, 11) is 1.60. The minimum atomic E-state index is -0.0675. The quantitative estimate of drug-likeness (QED) is 0.672. The lowest BCUT2D eigenvalue weighted by atomic mass is 10.2. The van der Waals surface area contributed by atoms with E-state index in [1.165, 1.54) is 4.88 Å². The summed E-state index contributed by atoms with van der Waals surface area (Å²) in [5.74, 6) is 0.936. The van der Waals surface area contributed by atoms with Crippen molar-refractivity contribution in [2.75, 3.05) is 33.3 Å². The highest BCUT2D eigenvalue weighted by atomic mass is 35.5. The number of furan rings is 1. The first kappa shape index (κ1) is 17.4. The van der Waals surface area contributed by atoms with Crippen LogP contribution in [-0.2, 0) is 6.54 Å². The van der Waals surface area contributed by atoms with Crippen LogP contribution < -0.4 is 4.74 Å². The van der Waals surface area contributed by atoms with E-state index in [2.05, 4.69) is 11.0 Å². The van der Waals surface area contributed by atoms with Crippen LogP contribution in [0.3, 0.4) is 0 Å². The number of piperazine rings is 1. The predicted octanol–water partition coefficient (Wildman–Crippen LogP) is 4.11. The number of nitrogens with zero attached hydrogens (tertiary/aromatic N) is 2. The second-order valence-corrected chi connectivity index (χ2v) is 8.06. The van der Waals surface area contributed by atoms with Crippen molar-refractivity contribution in [3.63, 3.8) is 0 Å². The van der Waals surface area contributed by atoms with Gasteiger partial charge in [-0.3, -0.25) is 9.69 Å². The average Bonchev–Trinajstić information content (AvgIpc) is 3.27. The minimum absolute atomic E-state index is 0.0675. The molecule has 1 amide bonds. The van der Waals surface area contributed by atoms with Crippen LogP contribution in [-0.4, -0.2) is 49.0 Å². The van der Waals surface area contributed by atoms with Crippen LogP contribution in [0.2, 0.25) is 4.34 Å². The zero-order valence-electron chi connectivity index (χ0n) is 14.4. The lowest BCUT2D eigenvalue weighted by Crippen LogP contribution is -2.48. The van der Waals surface area contributed by atoms with Crippen LogP contribution in [0.25, 0.3) is 11.0 Å². The topological polar surface area (TPSA) is 45.9 Å². The summed E-state index contributed by atoms with van der Waals surface area (Å²) < 4.78 is 11.9. The molecule has 4 rings (SSSR count). The molecule has 0 radical (unpaired) electrons. The molecule has 5 nitrogen and oxygen atoms in total. The summed E-state index contributed by atoms with van der Waals surface area (Å²) in [6.07, 6.45) is 0. The number of carbonyl (C=O) groups excluding carboxylic acids is 1. The highest BCUT2D eigenvalue weighted by Gasteiger charge is 2.25. The van der Waals surface area contributed by atoms with Gasteiger partial charge in [-0.1, -0.05) is 23.7 Å². The van der Waals surface area contributed by atoms with E-state index in [-0.39, 0.29) is 5.91 Å². The van der Waals surface area contributed by atoms with E-state index >= 15 is 0 Å². The molecular formula is C19H19ClN2O3S. The normalized spacial score (nSPS) is 15.5. The first-order chi connectivity index (χ1) is 12.6. The Bertz CT molecular complexity index is 928. The number of carbonyl (C=O) groups is 1. The fourth-order valence-corrected chi connectivity index (χ4v) is 4.35. The van der Waals surface area contributed by atoms with E-state index in [1.54, 1.807) is 24.5 Å². The molecule has 0 atom stereocenters. The van der Waals surface area contributed by atoms with E-state index in [0.29, 0.717) is 30.2 Å². The molecule has 0 saturated carbocycles. The summed E-state index contributed by atoms with van der Waals surface area (Å²) in [5, 5.41) is 0.876. The van der Waals surface area contributed by atoms with E-state index in [4.69, 9.17) is 20.8 Å². The molecule has 0 bridgehead atoms. The molecule has 7 heteroatoms. The number of para-hydroxylation sites is 1. The molecule has 1 saturated heterocycles. The third kappa shape index (κ3) is 3.45. The van der Waals surface area contributed by atoms with E-state index in [1.807, 2.05) is 29.2 Å². The molecule has 0 aliphatic carbocycles. The molecule has 0 unspecified atom stereocenters. The number of rotatable bonds is 4. The largest absolute Gasteiger partial charge is 0.493 e. The van der Waals surface area contributed by atoms with Crippen molar-refractivity contribution >= 4 is 39.8 Å². The molecule has 0 spiro atoms.